The predicted molar refractivity (Wildman–Crippen MR) is 64.2 cm³/mol. The van der Waals surface area contributed by atoms with Gasteiger partial charge in [0.1, 0.15) is 0 Å². The van der Waals surface area contributed by atoms with Crippen LogP contribution in [0.15, 0.2) is 0 Å². The molecule has 0 aromatic carbocycles. The van der Waals surface area contributed by atoms with Crippen molar-refractivity contribution in [2.24, 2.45) is 5.92 Å². The molecule has 0 radical (unpaired) electrons. The fourth-order valence-electron chi connectivity index (χ4n) is 2.23. The molecule has 1 saturated heterocycles. The first kappa shape index (κ1) is 12.9. The first-order chi connectivity index (χ1) is 7.26. The van der Waals surface area contributed by atoms with Crippen LogP contribution in [0.3, 0.4) is 0 Å². The number of rotatable bonds is 7. The van der Waals surface area contributed by atoms with Crippen LogP contribution in [-0.2, 0) is 4.74 Å². The van der Waals surface area contributed by atoms with Gasteiger partial charge in [-0.15, -0.1) is 0 Å². The van der Waals surface area contributed by atoms with Gasteiger partial charge in [-0.2, -0.15) is 0 Å². The first-order valence-electron chi connectivity index (χ1n) is 6.21. The Kier molecular flexibility index (Phi) is 6.22. The van der Waals surface area contributed by atoms with Crippen LogP contribution in [-0.4, -0.2) is 50.8 Å². The number of nitrogens with one attached hydrogen (secondary N) is 1. The third-order valence-corrected chi connectivity index (χ3v) is 3.04. The van der Waals surface area contributed by atoms with E-state index in [9.17, 15) is 0 Å². The lowest BCUT2D eigenvalue weighted by Gasteiger charge is -2.24. The fourth-order valence-corrected chi connectivity index (χ4v) is 2.23. The van der Waals surface area contributed by atoms with E-state index in [1.54, 1.807) is 7.11 Å². The number of likely N-dealkylation sites (tertiary alicyclic amines) is 1. The second-order valence-corrected chi connectivity index (χ2v) is 4.76. The molecule has 0 saturated carbocycles. The highest BCUT2D eigenvalue weighted by molar-refractivity contribution is 4.78. The van der Waals surface area contributed by atoms with Crippen LogP contribution in [0, 0.1) is 5.92 Å². The summed E-state index contributed by atoms with van der Waals surface area (Å²) in [4.78, 5) is 2.55. The Balaban J connectivity index is 2.23. The summed E-state index contributed by atoms with van der Waals surface area (Å²) in [6.45, 7) is 10.1. The molecule has 1 aliphatic rings. The summed E-state index contributed by atoms with van der Waals surface area (Å²) in [5.41, 5.74) is 0. The molecule has 15 heavy (non-hydrogen) atoms. The van der Waals surface area contributed by atoms with Crippen molar-refractivity contribution in [1.82, 2.24) is 10.2 Å². The number of nitrogens with zero attached hydrogens (tertiary/aromatic N) is 1. The topological polar surface area (TPSA) is 24.5 Å². The summed E-state index contributed by atoms with van der Waals surface area (Å²) >= 11 is 0. The molecular formula is C12H26N2O. The normalized spacial score (nSPS) is 24.6. The van der Waals surface area contributed by atoms with Crippen LogP contribution in [0.2, 0.25) is 0 Å². The van der Waals surface area contributed by atoms with Crippen LogP contribution in [0.4, 0.5) is 0 Å². The van der Waals surface area contributed by atoms with Gasteiger partial charge in [0, 0.05) is 26.2 Å². The Morgan fingerprint density at radius 2 is 2.33 bits per heavy atom. The molecular weight excluding hydrogens is 188 g/mol. The molecule has 0 aromatic rings. The maximum absolute atomic E-state index is 5.25. The average Bonchev–Trinajstić information content (AvgIpc) is 2.61. The second-order valence-electron chi connectivity index (χ2n) is 4.76. The highest BCUT2D eigenvalue weighted by atomic mass is 16.5. The van der Waals surface area contributed by atoms with Gasteiger partial charge >= 0.3 is 0 Å². The smallest absolute Gasteiger partial charge is 0.0628 e. The van der Waals surface area contributed by atoms with E-state index in [4.69, 9.17) is 4.74 Å². The SMILES string of the molecule is CCCNC(COC)CN1CCC(C)C1. The molecule has 1 aliphatic heterocycles. The number of ether oxygens (including phenoxy) is 1. The van der Waals surface area contributed by atoms with Crippen molar-refractivity contribution in [3.05, 3.63) is 0 Å². The van der Waals surface area contributed by atoms with Crippen molar-refractivity contribution >= 4 is 0 Å². The van der Waals surface area contributed by atoms with Crippen molar-refractivity contribution in [3.8, 4) is 0 Å². The average molecular weight is 214 g/mol. The lowest BCUT2D eigenvalue weighted by molar-refractivity contribution is 0.144. The van der Waals surface area contributed by atoms with Crippen LogP contribution in [0.1, 0.15) is 26.7 Å². The van der Waals surface area contributed by atoms with Crippen LogP contribution in [0.25, 0.3) is 0 Å². The number of hydrogen-bond acceptors (Lipinski definition) is 3. The molecule has 0 aromatic heterocycles. The van der Waals surface area contributed by atoms with E-state index in [2.05, 4.69) is 24.1 Å². The standard InChI is InChI=1S/C12H26N2O/c1-4-6-13-12(10-15-3)9-14-7-5-11(2)8-14/h11-13H,4-10H2,1-3H3. The van der Waals surface area contributed by atoms with Crippen molar-refractivity contribution in [1.29, 1.82) is 0 Å². The maximum Gasteiger partial charge on any atom is 0.0628 e. The fraction of sp³-hybridized carbons (Fsp3) is 1.00. The zero-order valence-corrected chi connectivity index (χ0v) is 10.5. The van der Waals surface area contributed by atoms with Gasteiger partial charge in [-0.3, -0.25) is 0 Å². The molecule has 2 atom stereocenters. The minimum Gasteiger partial charge on any atom is -0.383 e. The molecule has 0 spiro atoms. The summed E-state index contributed by atoms with van der Waals surface area (Å²) in [6, 6.07) is 0.500. The van der Waals surface area contributed by atoms with Crippen molar-refractivity contribution in [2.45, 2.75) is 32.7 Å². The van der Waals surface area contributed by atoms with E-state index >= 15 is 0 Å². The van der Waals surface area contributed by atoms with Gasteiger partial charge in [0.25, 0.3) is 0 Å². The number of methoxy groups -OCH3 is 1. The Labute approximate surface area is 94.2 Å². The van der Waals surface area contributed by atoms with Crippen LogP contribution >= 0.6 is 0 Å². The quantitative estimate of drug-likeness (QED) is 0.692. The van der Waals surface area contributed by atoms with Gasteiger partial charge in [-0.25, -0.2) is 0 Å². The van der Waals surface area contributed by atoms with E-state index in [0.717, 1.165) is 25.6 Å². The van der Waals surface area contributed by atoms with Gasteiger partial charge in [0.2, 0.25) is 0 Å². The van der Waals surface area contributed by atoms with Crippen molar-refractivity contribution in [2.75, 3.05) is 39.9 Å². The van der Waals surface area contributed by atoms with Crippen LogP contribution in [0.5, 0.6) is 0 Å². The lowest BCUT2D eigenvalue weighted by atomic mass is 10.2. The Bertz CT molecular complexity index is 164. The monoisotopic (exact) mass is 214 g/mol. The summed E-state index contributed by atoms with van der Waals surface area (Å²) in [5, 5.41) is 3.55. The molecule has 0 amide bonds. The molecule has 1 N–H and O–H groups in total. The van der Waals surface area contributed by atoms with Gasteiger partial charge in [-0.05, 0) is 31.8 Å². The maximum atomic E-state index is 5.25. The molecule has 0 bridgehead atoms. The zero-order valence-electron chi connectivity index (χ0n) is 10.5. The summed E-state index contributed by atoms with van der Waals surface area (Å²) in [5.74, 6) is 0.874. The van der Waals surface area contributed by atoms with Gasteiger partial charge < -0.3 is 15.0 Å². The van der Waals surface area contributed by atoms with Gasteiger partial charge in [0.15, 0.2) is 0 Å². The summed E-state index contributed by atoms with van der Waals surface area (Å²) in [7, 11) is 1.78. The second kappa shape index (κ2) is 7.20. The largest absolute Gasteiger partial charge is 0.383 e. The van der Waals surface area contributed by atoms with E-state index in [0.29, 0.717) is 6.04 Å². The van der Waals surface area contributed by atoms with Gasteiger partial charge in [0.05, 0.1) is 6.61 Å². The third kappa shape index (κ3) is 4.96. The Hall–Kier alpha value is -0.120. The summed E-state index contributed by atoms with van der Waals surface area (Å²) < 4.78 is 5.25. The predicted octanol–water partition coefficient (Wildman–Crippen LogP) is 1.34. The molecule has 0 aliphatic carbocycles. The minimum absolute atomic E-state index is 0.500. The van der Waals surface area contributed by atoms with E-state index < -0.39 is 0 Å². The van der Waals surface area contributed by atoms with Crippen LogP contribution < -0.4 is 5.32 Å². The van der Waals surface area contributed by atoms with Crippen molar-refractivity contribution in [3.63, 3.8) is 0 Å². The molecule has 1 fully saturated rings. The third-order valence-electron chi connectivity index (χ3n) is 3.04. The lowest BCUT2D eigenvalue weighted by Crippen LogP contribution is -2.43. The Morgan fingerprint density at radius 1 is 1.53 bits per heavy atom. The minimum atomic E-state index is 0.500. The summed E-state index contributed by atoms with van der Waals surface area (Å²) in [6.07, 6.45) is 2.55. The van der Waals surface area contributed by atoms with Crippen molar-refractivity contribution < 1.29 is 4.74 Å². The van der Waals surface area contributed by atoms with E-state index in [-0.39, 0.29) is 0 Å². The number of hydrogen-bond donors (Lipinski definition) is 1. The molecule has 3 nitrogen and oxygen atoms in total. The highest BCUT2D eigenvalue weighted by Crippen LogP contribution is 2.14. The molecule has 1 heterocycles. The zero-order chi connectivity index (χ0) is 11.1. The van der Waals surface area contributed by atoms with Gasteiger partial charge in [-0.1, -0.05) is 13.8 Å². The highest BCUT2D eigenvalue weighted by Gasteiger charge is 2.21. The van der Waals surface area contributed by atoms with E-state index in [1.807, 2.05) is 0 Å². The Morgan fingerprint density at radius 3 is 2.87 bits per heavy atom. The first-order valence-corrected chi connectivity index (χ1v) is 6.21. The molecule has 1 rings (SSSR count). The molecule has 2 unspecified atom stereocenters. The molecule has 90 valence electrons. The van der Waals surface area contributed by atoms with E-state index in [1.165, 1.54) is 25.9 Å². The molecule has 3 heteroatoms.